The fourth-order valence-electron chi connectivity index (χ4n) is 3.34. The Morgan fingerprint density at radius 2 is 1.60 bits per heavy atom. The smallest absolute Gasteiger partial charge is 0.320 e. The molecule has 0 atom stereocenters. The van der Waals surface area contributed by atoms with Crippen molar-refractivity contribution in [1.82, 2.24) is 34.8 Å². The number of H-pyrrole nitrogens is 1. The van der Waals surface area contributed by atoms with Crippen LogP contribution in [0.1, 0.15) is 39.2 Å². The summed E-state index contributed by atoms with van der Waals surface area (Å²) in [5, 5.41) is 13.6. The first-order valence-corrected chi connectivity index (χ1v) is 14.8. The van der Waals surface area contributed by atoms with Gasteiger partial charge in [-0.2, -0.15) is 25.5 Å². The molecule has 0 amide bonds. The minimum atomic E-state index is 0.0974. The van der Waals surface area contributed by atoms with Gasteiger partial charge in [0.2, 0.25) is 15.7 Å². The van der Waals surface area contributed by atoms with Gasteiger partial charge in [-0.3, -0.25) is 0 Å². The lowest BCUT2D eigenvalue weighted by atomic mass is 10.4. The Morgan fingerprint density at radius 3 is 2.13 bits per heavy atom. The monoisotopic (exact) mass is 675 g/mol. The van der Waals surface area contributed by atoms with E-state index in [2.05, 4.69) is 77.5 Å². The average Bonchev–Trinajstić information content (AvgIpc) is 3.86. The van der Waals surface area contributed by atoms with Crippen molar-refractivity contribution in [2.75, 3.05) is 30.3 Å². The minimum absolute atomic E-state index is 0.0974. The summed E-state index contributed by atoms with van der Waals surface area (Å²) in [7, 11) is 0. The van der Waals surface area contributed by atoms with Crippen LogP contribution in [-0.2, 0) is 13.1 Å². The van der Waals surface area contributed by atoms with Crippen molar-refractivity contribution >= 4 is 69.6 Å². The predicted octanol–water partition coefficient (Wildman–Crippen LogP) is 6.57. The molecule has 0 radical (unpaired) electrons. The molecule has 45 heavy (non-hydrogen) atoms. The third kappa shape index (κ3) is 12.7. The number of hydrogen-bond donors (Lipinski definition) is 4. The van der Waals surface area contributed by atoms with E-state index in [1.807, 2.05) is 24.3 Å². The molecule has 6 rings (SSSR count). The Labute approximate surface area is 276 Å². The van der Waals surface area contributed by atoms with Gasteiger partial charge in [0, 0.05) is 6.92 Å². The molecule has 6 heterocycles. The van der Waals surface area contributed by atoms with E-state index in [0.717, 1.165) is 17.0 Å². The lowest BCUT2D eigenvalue weighted by Crippen LogP contribution is -2.21. The molecule has 0 saturated carbocycles. The van der Waals surface area contributed by atoms with Gasteiger partial charge >= 0.3 is 11.5 Å². The minimum Gasteiger partial charge on any atom is -0.468 e. The SMILES string of the molecule is CC#N.CCN(CC)CC.Clc1nc(Cl)c2c(n1)N[C+]=N2.Clc1nc(NCc2ccco2)c2[nH]cnc2n1.NCc1ccco1. The molecule has 0 aromatic carbocycles. The van der Waals surface area contributed by atoms with E-state index in [9.17, 15) is 0 Å². The number of nitrogens with two attached hydrogens (primary N) is 1. The second-order valence-corrected chi connectivity index (χ2v) is 9.37. The summed E-state index contributed by atoms with van der Waals surface area (Å²) in [6.07, 6.45) is 7.27. The van der Waals surface area contributed by atoms with E-state index in [-0.39, 0.29) is 15.7 Å². The highest BCUT2D eigenvalue weighted by molar-refractivity contribution is 6.34. The highest BCUT2D eigenvalue weighted by atomic mass is 35.5. The molecule has 1 aliphatic rings. The summed E-state index contributed by atoms with van der Waals surface area (Å²) in [6.45, 7) is 12.6. The Balaban J connectivity index is 0.000000218. The summed E-state index contributed by atoms with van der Waals surface area (Å²) >= 11 is 17.0. The van der Waals surface area contributed by atoms with Crippen LogP contribution in [-0.4, -0.2) is 60.8 Å². The van der Waals surface area contributed by atoms with Crippen LogP contribution in [0.5, 0.6) is 0 Å². The van der Waals surface area contributed by atoms with Crippen LogP contribution in [0.15, 0.2) is 56.9 Å². The fraction of sp³-hybridized carbons (Fsp3) is 0.321. The van der Waals surface area contributed by atoms with Crippen LogP contribution in [0.2, 0.25) is 15.7 Å². The summed E-state index contributed by atoms with van der Waals surface area (Å²) < 4.78 is 10.1. The van der Waals surface area contributed by atoms with Crippen LogP contribution in [0.25, 0.3) is 11.2 Å². The maximum atomic E-state index is 7.32. The average molecular weight is 677 g/mol. The van der Waals surface area contributed by atoms with Gasteiger partial charge in [-0.25, -0.2) is 4.98 Å². The molecule has 1 aliphatic heterocycles. The first-order chi connectivity index (χ1) is 21.8. The van der Waals surface area contributed by atoms with E-state index in [0.29, 0.717) is 36.1 Å². The van der Waals surface area contributed by atoms with Gasteiger partial charge in [-0.05, 0) is 83.7 Å². The predicted molar refractivity (Wildman–Crippen MR) is 177 cm³/mol. The van der Waals surface area contributed by atoms with Gasteiger partial charge in [0.1, 0.15) is 17.0 Å². The summed E-state index contributed by atoms with van der Waals surface area (Å²) in [5.41, 5.74) is 6.94. The topological polar surface area (TPSA) is 196 Å². The Morgan fingerprint density at radius 1 is 0.978 bits per heavy atom. The molecule has 5 aromatic heterocycles. The van der Waals surface area contributed by atoms with Gasteiger partial charge in [0.15, 0.2) is 11.5 Å². The molecule has 0 unspecified atom stereocenters. The van der Waals surface area contributed by atoms with E-state index in [1.165, 1.54) is 26.6 Å². The summed E-state index contributed by atoms with van der Waals surface area (Å²) in [5.74, 6) is 2.75. The number of nitrogens with zero attached hydrogens (tertiary/aromatic N) is 8. The largest absolute Gasteiger partial charge is 0.468 e. The van der Waals surface area contributed by atoms with E-state index >= 15 is 0 Å². The first kappa shape index (κ1) is 36.8. The van der Waals surface area contributed by atoms with Crippen molar-refractivity contribution in [3.63, 3.8) is 0 Å². The number of rotatable bonds is 7. The molecule has 0 bridgehead atoms. The molecule has 0 spiro atoms. The highest BCUT2D eigenvalue weighted by Crippen LogP contribution is 2.33. The third-order valence-electron chi connectivity index (χ3n) is 5.55. The van der Waals surface area contributed by atoms with Crippen LogP contribution in [0, 0.1) is 11.3 Å². The summed E-state index contributed by atoms with van der Waals surface area (Å²) in [4.78, 5) is 28.7. The fourth-order valence-corrected chi connectivity index (χ4v) is 3.93. The number of halogens is 3. The molecule has 0 saturated heterocycles. The van der Waals surface area contributed by atoms with Crippen molar-refractivity contribution in [3.8, 4) is 6.07 Å². The van der Waals surface area contributed by atoms with Crippen LogP contribution in [0.4, 0.5) is 17.3 Å². The molecule has 5 N–H and O–H groups in total. The number of fused-ring (bicyclic) bond motifs is 2. The zero-order chi connectivity index (χ0) is 33.0. The maximum absolute atomic E-state index is 7.32. The second-order valence-electron chi connectivity index (χ2n) is 8.33. The number of aliphatic imine (C=N–C) groups is 1. The first-order valence-electron chi connectivity index (χ1n) is 13.6. The lowest BCUT2D eigenvalue weighted by molar-refractivity contribution is 0.321. The van der Waals surface area contributed by atoms with E-state index in [1.54, 1.807) is 24.9 Å². The van der Waals surface area contributed by atoms with E-state index < -0.39 is 0 Å². The van der Waals surface area contributed by atoms with Gasteiger partial charge in [-0.1, -0.05) is 20.8 Å². The number of furan rings is 2. The number of aromatic amines is 1. The zero-order valence-corrected chi connectivity index (χ0v) is 27.5. The second kappa shape index (κ2) is 20.6. The van der Waals surface area contributed by atoms with E-state index in [4.69, 9.17) is 54.6 Å². The maximum Gasteiger partial charge on any atom is 0.320 e. The molecule has 5 aromatic rings. The molecular weight excluding hydrogens is 643 g/mol. The summed E-state index contributed by atoms with van der Waals surface area (Å²) in [6, 6.07) is 9.12. The molecular formula is C28H34Cl3N12O2+. The molecule has 238 valence electrons. The third-order valence-corrected chi connectivity index (χ3v) is 6.15. The number of aromatic nitrogens is 6. The van der Waals surface area contributed by atoms with Crippen LogP contribution < -0.4 is 16.4 Å². The normalized spacial score (nSPS) is 10.3. The Kier molecular flexibility index (Phi) is 16.8. The van der Waals surface area contributed by atoms with Gasteiger partial charge in [0.05, 0.1) is 38.0 Å². The molecule has 17 heteroatoms. The standard InChI is InChI=1S/C10H8ClN5O.C6H15N.C5HCl2N4.C5H7NO.C2H3N/c11-10-15-8(7-9(16-10)14-5-13-7)12-4-6-2-1-3-17-6;1-4-7(5-2)6-3;6-3-2-4(9-1-8-2)11-5(7)10-3;6-4-5-2-1-3-7-5;1-2-3/h1-3,5H,4H2,(H2,12,13,14,15,16);4-6H2,1-3H3;(H,8,9,10,11);1-3H,4,6H2;1H3/q;;+1;;. The van der Waals surface area contributed by atoms with Crippen molar-refractivity contribution in [2.24, 2.45) is 10.7 Å². The number of anilines is 2. The number of hydrogen-bond acceptors (Lipinski definition) is 13. The lowest BCUT2D eigenvalue weighted by Gasteiger charge is -2.13. The van der Waals surface area contributed by atoms with Crippen molar-refractivity contribution in [1.29, 1.82) is 5.26 Å². The van der Waals surface area contributed by atoms with Gasteiger partial charge in [-0.15, -0.1) is 4.98 Å². The van der Waals surface area contributed by atoms with Gasteiger partial charge in [0.25, 0.3) is 6.34 Å². The molecule has 14 nitrogen and oxygen atoms in total. The van der Waals surface area contributed by atoms with Crippen molar-refractivity contribution in [3.05, 3.63) is 70.4 Å². The Hall–Kier alpha value is -4.35. The van der Waals surface area contributed by atoms with Gasteiger partial charge < -0.3 is 29.8 Å². The number of nitriles is 1. The van der Waals surface area contributed by atoms with Crippen LogP contribution in [0.3, 0.4) is 0 Å². The Bertz CT molecular complexity index is 1590. The number of nitrogens with one attached hydrogen (secondary N) is 3. The van der Waals surface area contributed by atoms with Crippen molar-refractivity contribution in [2.45, 2.75) is 40.8 Å². The molecule has 0 aliphatic carbocycles. The van der Waals surface area contributed by atoms with Crippen LogP contribution >= 0.6 is 34.8 Å². The van der Waals surface area contributed by atoms with Crippen molar-refractivity contribution < 1.29 is 8.83 Å². The zero-order valence-electron chi connectivity index (χ0n) is 25.2. The quantitative estimate of drug-likeness (QED) is 0.0823. The number of imidazole rings is 1. The molecule has 0 fully saturated rings. The highest BCUT2D eigenvalue weighted by Gasteiger charge is 2.26.